The molecule has 176 valence electrons. The van der Waals surface area contributed by atoms with Crippen molar-refractivity contribution in [2.24, 2.45) is 16.5 Å². The Labute approximate surface area is 189 Å². The molecule has 1 aliphatic carbocycles. The zero-order valence-electron chi connectivity index (χ0n) is 18.0. The molecule has 11 heteroatoms. The zero-order chi connectivity index (χ0) is 24.1. The summed E-state index contributed by atoms with van der Waals surface area (Å²) in [4.78, 5) is 20.8. The van der Waals surface area contributed by atoms with Crippen LogP contribution in [0, 0.1) is 0 Å². The Morgan fingerprint density at radius 1 is 1.30 bits per heavy atom. The minimum Gasteiger partial charge on any atom is -0.399 e. The number of alkyl halides is 3. The van der Waals surface area contributed by atoms with E-state index in [0.29, 0.717) is 4.68 Å². The van der Waals surface area contributed by atoms with Gasteiger partial charge in [0.05, 0.1) is 5.56 Å². The van der Waals surface area contributed by atoms with E-state index in [0.717, 1.165) is 43.9 Å². The number of carbonyl (C=O) groups is 1. The number of aliphatic imine (C=N–C) groups is 1. The van der Waals surface area contributed by atoms with Crippen LogP contribution in [0.25, 0.3) is 0 Å². The molecule has 5 N–H and O–H groups in total. The summed E-state index contributed by atoms with van der Waals surface area (Å²) in [6, 6.07) is 3.75. The molecular weight excluding hydrogens is 435 g/mol. The molecule has 8 nitrogen and oxygen atoms in total. The number of allylic oxidation sites excluding steroid dienone is 1. The van der Waals surface area contributed by atoms with Crippen LogP contribution in [0.2, 0.25) is 0 Å². The van der Waals surface area contributed by atoms with Gasteiger partial charge in [0.15, 0.2) is 5.69 Å². The second-order valence-corrected chi connectivity index (χ2v) is 7.98. The molecule has 33 heavy (non-hydrogen) atoms. The Balaban J connectivity index is 1.86. The molecule has 3 rings (SSSR count). The molecule has 0 atom stereocenters. The van der Waals surface area contributed by atoms with Crippen LogP contribution in [0.4, 0.5) is 13.2 Å². The lowest BCUT2D eigenvalue weighted by Crippen LogP contribution is -2.42. The monoisotopic (exact) mass is 461 g/mol. The lowest BCUT2D eigenvalue weighted by atomic mass is 9.70. The largest absolute Gasteiger partial charge is 0.435 e. The van der Waals surface area contributed by atoms with Crippen LogP contribution < -0.4 is 16.8 Å². The average molecular weight is 461 g/mol. The number of aromatic nitrogens is 3. The smallest absolute Gasteiger partial charge is 0.399 e. The van der Waals surface area contributed by atoms with Crippen molar-refractivity contribution in [1.82, 2.24) is 20.1 Å². The molecule has 1 aliphatic rings. The molecule has 1 fully saturated rings. The van der Waals surface area contributed by atoms with Crippen LogP contribution in [0.5, 0.6) is 0 Å². The van der Waals surface area contributed by atoms with Crippen molar-refractivity contribution in [3.8, 4) is 0 Å². The van der Waals surface area contributed by atoms with Crippen molar-refractivity contribution in [3.63, 3.8) is 0 Å². The molecule has 0 aliphatic heterocycles. The summed E-state index contributed by atoms with van der Waals surface area (Å²) in [6.07, 6.45) is 6.58. The third-order valence-corrected chi connectivity index (χ3v) is 5.63. The lowest BCUT2D eigenvalue weighted by molar-refractivity contribution is -0.141. The van der Waals surface area contributed by atoms with Crippen LogP contribution in [0.3, 0.4) is 0 Å². The highest BCUT2D eigenvalue weighted by molar-refractivity contribution is 5.96. The van der Waals surface area contributed by atoms with Crippen molar-refractivity contribution >= 4 is 11.9 Å². The average Bonchev–Trinajstić information content (AvgIpc) is 3.25. The summed E-state index contributed by atoms with van der Waals surface area (Å²) in [7, 11) is 0. The van der Waals surface area contributed by atoms with Gasteiger partial charge in [-0.3, -0.25) is 9.78 Å². The molecule has 2 aromatic rings. The predicted molar refractivity (Wildman–Crippen MR) is 118 cm³/mol. The Morgan fingerprint density at radius 3 is 2.64 bits per heavy atom. The van der Waals surface area contributed by atoms with Crippen LogP contribution in [0.15, 0.2) is 60.3 Å². The molecule has 0 spiro atoms. The number of rotatable bonds is 6. The second-order valence-electron chi connectivity index (χ2n) is 7.98. The first-order chi connectivity index (χ1) is 15.6. The number of nitrogens with one attached hydrogen (secondary N) is 1. The van der Waals surface area contributed by atoms with Gasteiger partial charge in [-0.05, 0) is 30.5 Å². The van der Waals surface area contributed by atoms with E-state index in [1.54, 1.807) is 12.4 Å². The summed E-state index contributed by atoms with van der Waals surface area (Å²) >= 11 is 0. The van der Waals surface area contributed by atoms with Crippen molar-refractivity contribution in [2.75, 3.05) is 6.54 Å². The molecule has 2 heterocycles. The van der Waals surface area contributed by atoms with Gasteiger partial charge in [0.2, 0.25) is 5.96 Å². The quantitative estimate of drug-likeness (QED) is 0.346. The fourth-order valence-electron chi connectivity index (χ4n) is 3.95. The van der Waals surface area contributed by atoms with E-state index in [-0.39, 0.29) is 23.6 Å². The van der Waals surface area contributed by atoms with Crippen molar-refractivity contribution in [1.29, 1.82) is 0 Å². The maximum Gasteiger partial charge on any atom is 0.435 e. The van der Waals surface area contributed by atoms with Crippen LogP contribution in [-0.2, 0) is 11.6 Å². The van der Waals surface area contributed by atoms with Crippen molar-refractivity contribution < 1.29 is 18.0 Å². The van der Waals surface area contributed by atoms with Crippen molar-refractivity contribution in [2.45, 2.75) is 43.7 Å². The molecule has 0 saturated heterocycles. The van der Waals surface area contributed by atoms with Crippen LogP contribution in [-0.4, -0.2) is 33.2 Å². The number of nitrogens with zero attached hydrogens (tertiary/aromatic N) is 4. The van der Waals surface area contributed by atoms with E-state index in [1.165, 1.54) is 12.3 Å². The number of hydrogen-bond acceptors (Lipinski definition) is 5. The third kappa shape index (κ3) is 5.79. The van der Waals surface area contributed by atoms with E-state index < -0.39 is 23.3 Å². The summed E-state index contributed by atoms with van der Waals surface area (Å²) in [5.41, 5.74) is 9.88. The molecule has 0 aromatic carbocycles. The maximum absolute atomic E-state index is 13.6. The molecule has 0 unspecified atom stereocenters. The molecule has 1 saturated carbocycles. The zero-order valence-corrected chi connectivity index (χ0v) is 18.0. The topological polar surface area (TPSA) is 124 Å². The summed E-state index contributed by atoms with van der Waals surface area (Å²) in [5.74, 6) is -1.25. The minimum absolute atomic E-state index is 0.185. The van der Waals surface area contributed by atoms with E-state index in [9.17, 15) is 18.0 Å². The van der Waals surface area contributed by atoms with Crippen molar-refractivity contribution in [3.05, 3.63) is 72.1 Å². The van der Waals surface area contributed by atoms with E-state index in [2.05, 4.69) is 27.0 Å². The number of halogens is 3. The van der Waals surface area contributed by atoms with E-state index in [4.69, 9.17) is 11.5 Å². The standard InChI is InChI=1S/C22H26F3N7O/c1-15(26)7-11-29-20(27)32-13-17(18(31-32)22(23,24)25)19(33)30-14-21(8-3-2-4-9-21)16-6-5-10-28-12-16/h5-7,10-13H,1-4,8-9,14,26H2,(H2,27,29)(H,30,33)/b11-7-. The summed E-state index contributed by atoms with van der Waals surface area (Å²) in [6.45, 7) is 3.62. The first kappa shape index (κ1) is 24.0. The predicted octanol–water partition coefficient (Wildman–Crippen LogP) is 3.08. The Morgan fingerprint density at radius 2 is 2.03 bits per heavy atom. The molecule has 0 radical (unpaired) electrons. The number of hydrogen-bond donors (Lipinski definition) is 3. The van der Waals surface area contributed by atoms with Crippen LogP contribution in [0.1, 0.15) is 53.7 Å². The Bertz CT molecular complexity index is 1050. The maximum atomic E-state index is 13.6. The van der Waals surface area contributed by atoms with Gasteiger partial charge in [0.25, 0.3) is 5.91 Å². The first-order valence-corrected chi connectivity index (χ1v) is 10.4. The molecule has 0 bridgehead atoms. The van der Waals surface area contributed by atoms with Gasteiger partial charge in [0, 0.05) is 42.4 Å². The van der Waals surface area contributed by atoms with Gasteiger partial charge in [-0.2, -0.15) is 18.3 Å². The van der Waals surface area contributed by atoms with Gasteiger partial charge in [0.1, 0.15) is 0 Å². The van der Waals surface area contributed by atoms with Gasteiger partial charge in [-0.15, -0.1) is 0 Å². The highest BCUT2D eigenvalue weighted by Gasteiger charge is 2.40. The lowest BCUT2D eigenvalue weighted by Gasteiger charge is -2.37. The number of nitrogens with two attached hydrogens (primary N) is 2. The molecule has 2 aromatic heterocycles. The normalized spacial score (nSPS) is 16.6. The van der Waals surface area contributed by atoms with Gasteiger partial charge in [-0.1, -0.05) is 31.9 Å². The fraction of sp³-hybridized carbons (Fsp3) is 0.364. The highest BCUT2D eigenvalue weighted by Crippen LogP contribution is 2.39. The third-order valence-electron chi connectivity index (χ3n) is 5.63. The summed E-state index contributed by atoms with van der Waals surface area (Å²) < 4.78 is 41.5. The summed E-state index contributed by atoms with van der Waals surface area (Å²) in [5, 5.41) is 6.14. The Hall–Kier alpha value is -3.63. The van der Waals surface area contributed by atoms with E-state index >= 15 is 0 Å². The number of pyridine rings is 1. The highest BCUT2D eigenvalue weighted by atomic mass is 19.4. The SMILES string of the molecule is C=C(N)/C=C\N=C(N)n1cc(C(=O)NCC2(c3cccnc3)CCCCC2)c(C(F)(F)F)n1. The van der Waals surface area contributed by atoms with E-state index in [1.807, 2.05) is 12.1 Å². The van der Waals surface area contributed by atoms with Gasteiger partial charge >= 0.3 is 6.18 Å². The minimum atomic E-state index is -4.86. The first-order valence-electron chi connectivity index (χ1n) is 10.4. The number of carbonyl (C=O) groups excluding carboxylic acids is 1. The second kappa shape index (κ2) is 9.88. The fourth-order valence-corrected chi connectivity index (χ4v) is 3.95. The molecule has 1 amide bonds. The Kier molecular flexibility index (Phi) is 7.19. The molecular formula is C22H26F3N7O. The van der Waals surface area contributed by atoms with Crippen LogP contribution >= 0.6 is 0 Å². The van der Waals surface area contributed by atoms with Gasteiger partial charge in [-0.25, -0.2) is 9.67 Å². The van der Waals surface area contributed by atoms with Gasteiger partial charge < -0.3 is 16.8 Å². The number of amides is 1.